The maximum absolute atomic E-state index is 12.8. The third-order valence-corrected chi connectivity index (χ3v) is 4.86. The average molecular weight is 409 g/mol. The second kappa shape index (κ2) is 9.62. The minimum Gasteiger partial charge on any atom is -0.484 e. The normalized spacial score (nSPS) is 11.6. The van der Waals surface area contributed by atoms with Crippen LogP contribution < -0.4 is 10.1 Å². The molecule has 0 aromatic heterocycles. The van der Waals surface area contributed by atoms with Crippen LogP contribution in [-0.2, 0) is 16.1 Å². The van der Waals surface area contributed by atoms with E-state index in [1.165, 1.54) is 11.9 Å². The van der Waals surface area contributed by atoms with Gasteiger partial charge in [0.2, 0.25) is 5.91 Å². The van der Waals surface area contributed by atoms with Gasteiger partial charge in [-0.15, -0.1) is 0 Å². The average Bonchev–Trinajstić information content (AvgIpc) is 2.65. The van der Waals surface area contributed by atoms with Crippen LogP contribution in [0.1, 0.15) is 18.1 Å². The van der Waals surface area contributed by atoms with Gasteiger partial charge in [-0.25, -0.2) is 0 Å². The molecule has 2 aromatic carbocycles. The van der Waals surface area contributed by atoms with Crippen molar-refractivity contribution in [1.29, 1.82) is 0 Å². The summed E-state index contributed by atoms with van der Waals surface area (Å²) < 4.78 is 5.60. The topological polar surface area (TPSA) is 58.6 Å². The summed E-state index contributed by atoms with van der Waals surface area (Å²) in [7, 11) is 1.52. The monoisotopic (exact) mass is 408 g/mol. The van der Waals surface area contributed by atoms with Crippen LogP contribution >= 0.6 is 23.2 Å². The van der Waals surface area contributed by atoms with Crippen molar-refractivity contribution >= 4 is 35.0 Å². The van der Waals surface area contributed by atoms with Crippen LogP contribution in [0.5, 0.6) is 5.75 Å². The third kappa shape index (κ3) is 5.62. The predicted octanol–water partition coefficient (Wildman–Crippen LogP) is 3.84. The number of likely N-dealkylation sites (N-methyl/N-ethyl adjacent to an activating group) is 1. The van der Waals surface area contributed by atoms with Gasteiger partial charge in [0.25, 0.3) is 5.91 Å². The summed E-state index contributed by atoms with van der Waals surface area (Å²) in [4.78, 5) is 26.4. The van der Waals surface area contributed by atoms with Gasteiger partial charge in [0.15, 0.2) is 6.61 Å². The van der Waals surface area contributed by atoms with Crippen LogP contribution in [0.3, 0.4) is 0 Å². The van der Waals surface area contributed by atoms with E-state index < -0.39 is 6.04 Å². The van der Waals surface area contributed by atoms with E-state index in [1.54, 1.807) is 31.2 Å². The van der Waals surface area contributed by atoms with E-state index in [4.69, 9.17) is 27.9 Å². The van der Waals surface area contributed by atoms with Gasteiger partial charge in [-0.1, -0.05) is 41.4 Å². The smallest absolute Gasteiger partial charge is 0.261 e. The zero-order valence-corrected chi connectivity index (χ0v) is 17.0. The lowest BCUT2D eigenvalue weighted by molar-refractivity contribution is -0.142. The molecular weight excluding hydrogens is 387 g/mol. The first kappa shape index (κ1) is 21.1. The molecule has 0 aliphatic heterocycles. The first-order chi connectivity index (χ1) is 12.8. The zero-order valence-electron chi connectivity index (χ0n) is 15.5. The molecule has 144 valence electrons. The van der Waals surface area contributed by atoms with E-state index in [2.05, 4.69) is 5.32 Å². The highest BCUT2D eigenvalue weighted by molar-refractivity contribution is 6.36. The van der Waals surface area contributed by atoms with E-state index in [1.807, 2.05) is 25.1 Å². The van der Waals surface area contributed by atoms with Crippen molar-refractivity contribution in [3.8, 4) is 5.75 Å². The van der Waals surface area contributed by atoms with Gasteiger partial charge in [0.05, 0.1) is 0 Å². The summed E-state index contributed by atoms with van der Waals surface area (Å²) in [5.74, 6) is -0.0441. The van der Waals surface area contributed by atoms with E-state index in [-0.39, 0.29) is 25.0 Å². The first-order valence-electron chi connectivity index (χ1n) is 8.47. The largest absolute Gasteiger partial charge is 0.484 e. The molecule has 0 heterocycles. The van der Waals surface area contributed by atoms with Crippen LogP contribution in [0.2, 0.25) is 10.0 Å². The number of carbonyl (C=O) groups is 2. The molecule has 0 radical (unpaired) electrons. The van der Waals surface area contributed by atoms with E-state index in [0.29, 0.717) is 21.4 Å². The molecule has 0 aliphatic rings. The Hall–Kier alpha value is -2.24. The number of aryl methyl sites for hydroxylation is 1. The molecule has 7 heteroatoms. The van der Waals surface area contributed by atoms with Gasteiger partial charge in [-0.3, -0.25) is 9.59 Å². The summed E-state index contributed by atoms with van der Waals surface area (Å²) in [6.45, 7) is 3.48. The van der Waals surface area contributed by atoms with Crippen LogP contribution in [-0.4, -0.2) is 36.4 Å². The molecule has 2 rings (SSSR count). The zero-order chi connectivity index (χ0) is 20.0. The molecule has 0 saturated carbocycles. The fourth-order valence-corrected chi connectivity index (χ4v) is 3.10. The Labute approximate surface area is 169 Å². The molecule has 5 nitrogen and oxygen atoms in total. The van der Waals surface area contributed by atoms with Crippen LogP contribution in [0.25, 0.3) is 0 Å². The van der Waals surface area contributed by atoms with E-state index in [9.17, 15) is 9.59 Å². The van der Waals surface area contributed by atoms with Crippen LogP contribution in [0.15, 0.2) is 42.5 Å². The second-order valence-corrected chi connectivity index (χ2v) is 6.93. The van der Waals surface area contributed by atoms with Crippen LogP contribution in [0, 0.1) is 6.92 Å². The van der Waals surface area contributed by atoms with Crippen molar-refractivity contribution in [2.75, 3.05) is 13.7 Å². The Morgan fingerprint density at radius 3 is 2.37 bits per heavy atom. The lowest BCUT2D eigenvalue weighted by atomic mass is 10.1. The minimum atomic E-state index is -0.712. The highest BCUT2D eigenvalue weighted by atomic mass is 35.5. The summed E-state index contributed by atoms with van der Waals surface area (Å²) in [6.07, 6.45) is 0. The number of nitrogens with one attached hydrogen (secondary N) is 1. The quantitative estimate of drug-likeness (QED) is 0.756. The van der Waals surface area contributed by atoms with Crippen molar-refractivity contribution in [1.82, 2.24) is 10.2 Å². The summed E-state index contributed by atoms with van der Waals surface area (Å²) in [5.41, 5.74) is 1.61. The fourth-order valence-electron chi connectivity index (χ4n) is 2.58. The van der Waals surface area contributed by atoms with E-state index >= 15 is 0 Å². The summed E-state index contributed by atoms with van der Waals surface area (Å²) >= 11 is 12.5. The maximum atomic E-state index is 12.8. The number of halogens is 2. The molecule has 0 spiro atoms. The number of hydrogen-bond acceptors (Lipinski definition) is 3. The molecule has 27 heavy (non-hydrogen) atoms. The van der Waals surface area contributed by atoms with Crippen molar-refractivity contribution in [3.63, 3.8) is 0 Å². The van der Waals surface area contributed by atoms with Gasteiger partial charge < -0.3 is 15.0 Å². The lowest BCUT2D eigenvalue weighted by Gasteiger charge is -2.29. The number of benzene rings is 2. The second-order valence-electron chi connectivity index (χ2n) is 6.12. The van der Waals surface area contributed by atoms with Gasteiger partial charge in [-0.05, 0) is 43.7 Å². The Morgan fingerprint density at radius 2 is 1.78 bits per heavy atom. The molecule has 2 amide bonds. The number of ether oxygens (including phenoxy) is 1. The predicted molar refractivity (Wildman–Crippen MR) is 107 cm³/mol. The molecule has 0 saturated heterocycles. The van der Waals surface area contributed by atoms with Gasteiger partial charge in [0, 0.05) is 29.2 Å². The Balaban J connectivity index is 2.21. The standard InChI is InChI=1S/C20H22Cl2N2O3/c1-13-6-4-7-15(10-13)27-12-19(25)24(14(2)20(26)23-3)11-16-17(21)8-5-9-18(16)22/h4-10,14H,11-12H2,1-3H3,(H,23,26). The molecule has 1 N–H and O–H groups in total. The van der Waals surface area contributed by atoms with Crippen molar-refractivity contribution < 1.29 is 14.3 Å². The number of hydrogen-bond donors (Lipinski definition) is 1. The molecular formula is C20H22Cl2N2O3. The molecule has 0 fully saturated rings. The molecule has 0 aliphatic carbocycles. The summed E-state index contributed by atoms with van der Waals surface area (Å²) in [5, 5.41) is 3.43. The Morgan fingerprint density at radius 1 is 1.15 bits per heavy atom. The SMILES string of the molecule is CNC(=O)C(C)N(Cc1c(Cl)cccc1Cl)C(=O)COc1cccc(C)c1. The van der Waals surface area contributed by atoms with Gasteiger partial charge in [-0.2, -0.15) is 0 Å². The van der Waals surface area contributed by atoms with Crippen molar-refractivity contribution in [3.05, 3.63) is 63.6 Å². The van der Waals surface area contributed by atoms with Crippen LogP contribution in [0.4, 0.5) is 0 Å². The molecule has 0 bridgehead atoms. The minimum absolute atomic E-state index is 0.100. The molecule has 1 unspecified atom stereocenters. The molecule has 1 atom stereocenters. The Bertz CT molecular complexity index is 806. The number of nitrogens with zero attached hydrogens (tertiary/aromatic N) is 1. The Kier molecular flexibility index (Phi) is 7.51. The highest BCUT2D eigenvalue weighted by Gasteiger charge is 2.27. The fraction of sp³-hybridized carbons (Fsp3) is 0.300. The van der Waals surface area contributed by atoms with Crippen molar-refractivity contribution in [2.24, 2.45) is 0 Å². The van der Waals surface area contributed by atoms with Crippen molar-refractivity contribution in [2.45, 2.75) is 26.4 Å². The number of rotatable bonds is 7. The highest BCUT2D eigenvalue weighted by Crippen LogP contribution is 2.26. The van der Waals surface area contributed by atoms with Gasteiger partial charge >= 0.3 is 0 Å². The number of amides is 2. The maximum Gasteiger partial charge on any atom is 0.261 e. The summed E-state index contributed by atoms with van der Waals surface area (Å²) in [6, 6.07) is 11.8. The number of carbonyl (C=O) groups excluding carboxylic acids is 2. The lowest BCUT2D eigenvalue weighted by Crippen LogP contribution is -2.48. The molecule has 2 aromatic rings. The third-order valence-electron chi connectivity index (χ3n) is 4.16. The van der Waals surface area contributed by atoms with E-state index in [0.717, 1.165) is 5.56 Å². The first-order valence-corrected chi connectivity index (χ1v) is 9.22. The van der Waals surface area contributed by atoms with Gasteiger partial charge in [0.1, 0.15) is 11.8 Å².